The van der Waals surface area contributed by atoms with Gasteiger partial charge < -0.3 is 9.84 Å². The van der Waals surface area contributed by atoms with Gasteiger partial charge in [0, 0.05) is 23.6 Å². The van der Waals surface area contributed by atoms with Gasteiger partial charge >= 0.3 is 5.97 Å². The number of hydrogen-bond acceptors (Lipinski definition) is 6. The molecule has 11 heteroatoms. The van der Waals surface area contributed by atoms with Crippen LogP contribution in [0.4, 0.5) is 8.78 Å². The fourth-order valence-electron chi connectivity index (χ4n) is 2.99. The lowest BCUT2D eigenvalue weighted by molar-refractivity contribution is -0.146. The minimum Gasteiger partial charge on any atom is -0.456 e. The minimum absolute atomic E-state index is 0.128. The summed E-state index contributed by atoms with van der Waals surface area (Å²) in [6.45, 7) is -1.13. The third-order valence-electron chi connectivity index (χ3n) is 4.51. The number of rotatable bonds is 6. The van der Waals surface area contributed by atoms with E-state index in [9.17, 15) is 31.9 Å². The average Bonchev–Trinajstić information content (AvgIpc) is 3.11. The molecule has 7 nitrogen and oxygen atoms in total. The van der Waals surface area contributed by atoms with Crippen LogP contribution < -0.4 is 0 Å². The Balaban J connectivity index is 1.73. The van der Waals surface area contributed by atoms with Crippen molar-refractivity contribution in [1.29, 1.82) is 0 Å². The van der Waals surface area contributed by atoms with Gasteiger partial charge in [-0.15, -0.1) is 0 Å². The molecule has 2 aromatic carbocycles. The van der Waals surface area contributed by atoms with E-state index in [-0.39, 0.29) is 23.4 Å². The van der Waals surface area contributed by atoms with Crippen molar-refractivity contribution in [2.75, 3.05) is 13.2 Å². The number of carbonyl (C=O) groups excluding carboxylic acids is 2. The predicted octanol–water partition coefficient (Wildman–Crippen LogP) is 2.17. The van der Waals surface area contributed by atoms with Crippen molar-refractivity contribution in [2.45, 2.75) is 23.5 Å². The zero-order chi connectivity index (χ0) is 22.1. The molecule has 3 rings (SSSR count). The second-order valence-corrected chi connectivity index (χ2v) is 8.92. The van der Waals surface area contributed by atoms with Gasteiger partial charge in [0.05, 0.1) is 11.0 Å². The molecule has 1 heterocycles. The van der Waals surface area contributed by atoms with Gasteiger partial charge in [-0.3, -0.25) is 9.59 Å². The Morgan fingerprint density at radius 2 is 1.80 bits per heavy atom. The number of ketones is 1. The van der Waals surface area contributed by atoms with Crippen molar-refractivity contribution in [3.8, 4) is 0 Å². The second kappa shape index (κ2) is 8.76. The van der Waals surface area contributed by atoms with Crippen molar-refractivity contribution in [3.05, 3.63) is 64.7 Å². The molecule has 1 fully saturated rings. The van der Waals surface area contributed by atoms with Crippen LogP contribution in [0.3, 0.4) is 0 Å². The van der Waals surface area contributed by atoms with E-state index in [2.05, 4.69) is 0 Å². The van der Waals surface area contributed by atoms with Crippen LogP contribution in [0.2, 0.25) is 5.02 Å². The molecular formula is C19H16ClF2NO6S. The lowest BCUT2D eigenvalue weighted by Gasteiger charge is -2.22. The fraction of sp³-hybridized carbons (Fsp3) is 0.263. The number of halogens is 3. The number of Topliss-reactive ketones (excluding diaryl/α,β-unsaturated/α-hetero) is 1. The van der Waals surface area contributed by atoms with Gasteiger partial charge in [0.15, 0.2) is 24.0 Å². The molecule has 0 aliphatic carbocycles. The van der Waals surface area contributed by atoms with Crippen molar-refractivity contribution in [2.24, 2.45) is 0 Å². The molecule has 0 spiro atoms. The first kappa shape index (κ1) is 22.3. The first-order valence-corrected chi connectivity index (χ1v) is 10.5. The molecule has 0 saturated carbocycles. The van der Waals surface area contributed by atoms with Crippen LogP contribution in [-0.2, 0) is 19.6 Å². The molecule has 1 aliphatic heterocycles. The Kier molecular flexibility index (Phi) is 6.51. The fourth-order valence-corrected chi connectivity index (χ4v) is 4.74. The maximum Gasteiger partial charge on any atom is 0.325 e. The van der Waals surface area contributed by atoms with E-state index < -0.39 is 52.2 Å². The zero-order valence-electron chi connectivity index (χ0n) is 15.3. The number of carbonyl (C=O) groups is 2. The van der Waals surface area contributed by atoms with Gasteiger partial charge in [0.1, 0.15) is 6.04 Å². The van der Waals surface area contributed by atoms with Crippen LogP contribution in [0, 0.1) is 11.6 Å². The van der Waals surface area contributed by atoms with Crippen LogP contribution in [0.25, 0.3) is 0 Å². The number of esters is 1. The lowest BCUT2D eigenvalue weighted by atomic mass is 10.1. The predicted molar refractivity (Wildman–Crippen MR) is 101 cm³/mol. The van der Waals surface area contributed by atoms with Gasteiger partial charge in [-0.2, -0.15) is 4.31 Å². The highest BCUT2D eigenvalue weighted by Crippen LogP contribution is 2.28. The average molecular weight is 460 g/mol. The maximum atomic E-state index is 13.3. The zero-order valence-corrected chi connectivity index (χ0v) is 16.9. The standard InChI is InChI=1S/C19H16ClF2NO6S/c20-12-2-4-14(5-3-12)30(27,28)23-9-13(24)8-17(23)19(26)29-10-18(25)11-1-6-15(21)16(22)7-11/h1-7,13,17,24H,8-10H2/t13-,17+/m0/s1. The summed E-state index contributed by atoms with van der Waals surface area (Å²) in [7, 11) is -4.15. The molecule has 1 saturated heterocycles. The highest BCUT2D eigenvalue weighted by Gasteiger charge is 2.44. The van der Waals surface area contributed by atoms with Gasteiger partial charge in [0.25, 0.3) is 0 Å². The number of aliphatic hydroxyl groups excluding tert-OH is 1. The Morgan fingerprint density at radius 3 is 2.43 bits per heavy atom. The molecule has 0 amide bonds. The second-order valence-electron chi connectivity index (χ2n) is 6.59. The molecule has 160 valence electrons. The van der Waals surface area contributed by atoms with Crippen molar-refractivity contribution in [1.82, 2.24) is 4.31 Å². The number of hydrogen-bond donors (Lipinski definition) is 1. The monoisotopic (exact) mass is 459 g/mol. The third kappa shape index (κ3) is 4.67. The minimum atomic E-state index is -4.15. The summed E-state index contributed by atoms with van der Waals surface area (Å²) in [5.41, 5.74) is -0.209. The Morgan fingerprint density at radius 1 is 1.13 bits per heavy atom. The number of sulfonamides is 1. The number of nitrogens with zero attached hydrogens (tertiary/aromatic N) is 1. The first-order valence-electron chi connectivity index (χ1n) is 8.70. The molecule has 0 bridgehead atoms. The SMILES string of the molecule is O=C(COC(=O)[C@H]1C[C@H](O)CN1S(=O)(=O)c1ccc(Cl)cc1)c1ccc(F)c(F)c1. The van der Waals surface area contributed by atoms with Crippen molar-refractivity contribution in [3.63, 3.8) is 0 Å². The van der Waals surface area contributed by atoms with E-state index in [1.54, 1.807) is 0 Å². The summed E-state index contributed by atoms with van der Waals surface area (Å²) < 4.78 is 57.6. The summed E-state index contributed by atoms with van der Waals surface area (Å²) in [5, 5.41) is 10.2. The Hall–Kier alpha value is -2.40. The lowest BCUT2D eigenvalue weighted by Crippen LogP contribution is -2.41. The molecule has 2 aromatic rings. The van der Waals surface area contributed by atoms with E-state index in [1.165, 1.54) is 24.3 Å². The number of aliphatic hydroxyl groups is 1. The van der Waals surface area contributed by atoms with Crippen LogP contribution in [0.5, 0.6) is 0 Å². The molecule has 1 aliphatic rings. The van der Waals surface area contributed by atoms with E-state index in [4.69, 9.17) is 16.3 Å². The topological polar surface area (TPSA) is 101 Å². The molecule has 0 aromatic heterocycles. The quantitative estimate of drug-likeness (QED) is 0.525. The van der Waals surface area contributed by atoms with Gasteiger partial charge in [-0.1, -0.05) is 11.6 Å². The van der Waals surface area contributed by atoms with Crippen LogP contribution in [0.15, 0.2) is 47.4 Å². The van der Waals surface area contributed by atoms with Gasteiger partial charge in [0.2, 0.25) is 10.0 Å². The van der Waals surface area contributed by atoms with Crippen molar-refractivity contribution >= 4 is 33.4 Å². The summed E-state index contributed by atoms with van der Waals surface area (Å²) in [5.74, 6) is -4.20. The van der Waals surface area contributed by atoms with E-state index >= 15 is 0 Å². The molecule has 0 radical (unpaired) electrons. The van der Waals surface area contributed by atoms with E-state index in [0.29, 0.717) is 11.1 Å². The number of β-amino-alcohol motifs (C(OH)–C–C–N with tert-alkyl or cyclic N) is 1. The molecular weight excluding hydrogens is 444 g/mol. The van der Waals surface area contributed by atoms with Crippen molar-refractivity contribution < 1.29 is 36.6 Å². The highest BCUT2D eigenvalue weighted by molar-refractivity contribution is 7.89. The van der Waals surface area contributed by atoms with Gasteiger partial charge in [-0.05, 0) is 42.5 Å². The highest BCUT2D eigenvalue weighted by atomic mass is 35.5. The first-order chi connectivity index (χ1) is 14.1. The Bertz CT molecular complexity index is 1080. The maximum absolute atomic E-state index is 13.3. The third-order valence-corrected chi connectivity index (χ3v) is 6.65. The smallest absolute Gasteiger partial charge is 0.325 e. The van der Waals surface area contributed by atoms with Crippen LogP contribution in [0.1, 0.15) is 16.8 Å². The molecule has 2 atom stereocenters. The van der Waals surface area contributed by atoms with Crippen LogP contribution >= 0.6 is 11.6 Å². The van der Waals surface area contributed by atoms with Gasteiger partial charge in [-0.25, -0.2) is 17.2 Å². The number of benzene rings is 2. The normalized spacial score (nSPS) is 19.6. The largest absolute Gasteiger partial charge is 0.456 e. The molecule has 30 heavy (non-hydrogen) atoms. The molecule has 0 unspecified atom stereocenters. The Labute approximate surface area is 175 Å². The molecule has 1 N–H and O–H groups in total. The summed E-state index contributed by atoms with van der Waals surface area (Å²) >= 11 is 5.76. The van der Waals surface area contributed by atoms with Crippen LogP contribution in [-0.4, -0.2) is 54.9 Å². The van der Waals surface area contributed by atoms with E-state index in [0.717, 1.165) is 16.4 Å². The number of ether oxygens (including phenoxy) is 1. The summed E-state index contributed by atoms with van der Waals surface area (Å²) in [6.07, 6.45) is -1.32. The summed E-state index contributed by atoms with van der Waals surface area (Å²) in [4.78, 5) is 24.4. The van der Waals surface area contributed by atoms with E-state index in [1.807, 2.05) is 0 Å². The summed E-state index contributed by atoms with van der Waals surface area (Å²) in [6, 6.07) is 6.38.